The smallest absolute Gasteiger partial charge is 0.320 e. The van der Waals surface area contributed by atoms with Crippen molar-refractivity contribution in [2.24, 2.45) is 0 Å². The fourth-order valence-electron chi connectivity index (χ4n) is 3.31. The summed E-state index contributed by atoms with van der Waals surface area (Å²) in [7, 11) is 0. The summed E-state index contributed by atoms with van der Waals surface area (Å²) in [6.45, 7) is 1.89. The van der Waals surface area contributed by atoms with E-state index in [-0.39, 0.29) is 18.7 Å². The first kappa shape index (κ1) is 19.5. The van der Waals surface area contributed by atoms with E-state index in [9.17, 15) is 9.90 Å². The molecule has 152 valence electrons. The van der Waals surface area contributed by atoms with E-state index < -0.39 is 0 Å². The van der Waals surface area contributed by atoms with E-state index in [0.29, 0.717) is 12.2 Å². The average Bonchev–Trinajstić information content (AvgIpc) is 3.17. The number of nitrogens with one attached hydrogen (secondary N) is 2. The molecule has 1 unspecified atom stereocenters. The topological polar surface area (TPSA) is 105 Å². The molecule has 0 saturated carbocycles. The van der Waals surface area contributed by atoms with Crippen molar-refractivity contribution >= 4 is 22.8 Å². The van der Waals surface area contributed by atoms with Gasteiger partial charge in [-0.3, -0.25) is 10.3 Å². The second-order valence-corrected chi connectivity index (χ2v) is 6.91. The van der Waals surface area contributed by atoms with E-state index in [1.54, 1.807) is 29.3 Å². The van der Waals surface area contributed by atoms with Gasteiger partial charge in [0.1, 0.15) is 5.82 Å². The SMILES string of the molecule is Cc1cc(-n2ncc3cc(NC(=O)NC(CCO)c4ccccc4)ncc32)ccn1. The highest BCUT2D eigenvalue weighted by Gasteiger charge is 2.15. The number of carbonyl (C=O) groups excluding carboxylic acids is 1. The third-order valence-corrected chi connectivity index (χ3v) is 4.75. The first-order valence-corrected chi connectivity index (χ1v) is 9.64. The third-order valence-electron chi connectivity index (χ3n) is 4.75. The van der Waals surface area contributed by atoms with Gasteiger partial charge >= 0.3 is 6.03 Å². The van der Waals surface area contributed by atoms with Crippen LogP contribution in [0.2, 0.25) is 0 Å². The van der Waals surface area contributed by atoms with E-state index in [4.69, 9.17) is 0 Å². The number of hydrogen-bond donors (Lipinski definition) is 3. The number of urea groups is 1. The summed E-state index contributed by atoms with van der Waals surface area (Å²) >= 11 is 0. The molecule has 0 fully saturated rings. The summed E-state index contributed by atoms with van der Waals surface area (Å²) in [6.07, 6.45) is 5.56. The van der Waals surface area contributed by atoms with Crippen molar-refractivity contribution in [2.75, 3.05) is 11.9 Å². The molecule has 8 heteroatoms. The Morgan fingerprint density at radius 3 is 2.73 bits per heavy atom. The molecule has 0 aliphatic rings. The highest BCUT2D eigenvalue weighted by atomic mass is 16.3. The normalized spacial score (nSPS) is 11.9. The molecule has 2 amide bonds. The van der Waals surface area contributed by atoms with Gasteiger partial charge in [0, 0.05) is 23.9 Å². The van der Waals surface area contributed by atoms with Crippen LogP contribution >= 0.6 is 0 Å². The molecule has 0 radical (unpaired) electrons. The molecule has 4 aromatic rings. The largest absolute Gasteiger partial charge is 0.396 e. The van der Waals surface area contributed by atoms with Crippen LogP contribution < -0.4 is 10.6 Å². The molecule has 0 bridgehead atoms. The number of carbonyl (C=O) groups is 1. The van der Waals surface area contributed by atoms with Crippen molar-refractivity contribution < 1.29 is 9.90 Å². The molecule has 0 aliphatic carbocycles. The number of benzene rings is 1. The molecule has 3 heterocycles. The van der Waals surface area contributed by atoms with Crippen LogP contribution in [0.25, 0.3) is 16.6 Å². The van der Waals surface area contributed by atoms with Crippen molar-refractivity contribution in [2.45, 2.75) is 19.4 Å². The lowest BCUT2D eigenvalue weighted by molar-refractivity contribution is 0.239. The number of fused-ring (bicyclic) bond motifs is 1. The summed E-state index contributed by atoms with van der Waals surface area (Å²) in [5.41, 5.74) is 3.55. The minimum atomic E-state index is -0.388. The molecule has 30 heavy (non-hydrogen) atoms. The first-order valence-electron chi connectivity index (χ1n) is 9.64. The Morgan fingerprint density at radius 2 is 1.97 bits per heavy atom. The monoisotopic (exact) mass is 402 g/mol. The molecule has 3 aromatic heterocycles. The van der Waals surface area contributed by atoms with E-state index in [2.05, 4.69) is 25.7 Å². The predicted molar refractivity (Wildman–Crippen MR) is 114 cm³/mol. The number of anilines is 1. The average molecular weight is 402 g/mol. The number of aryl methyl sites for hydroxylation is 1. The predicted octanol–water partition coefficient (Wildman–Crippen LogP) is 3.37. The summed E-state index contributed by atoms with van der Waals surface area (Å²) < 4.78 is 1.79. The maximum absolute atomic E-state index is 12.5. The number of nitrogens with zero attached hydrogens (tertiary/aromatic N) is 4. The summed E-state index contributed by atoms with van der Waals surface area (Å²) in [4.78, 5) is 21.1. The fraction of sp³-hybridized carbons (Fsp3) is 0.182. The van der Waals surface area contributed by atoms with E-state index in [1.165, 1.54) is 0 Å². The second-order valence-electron chi connectivity index (χ2n) is 6.91. The van der Waals surface area contributed by atoms with E-state index >= 15 is 0 Å². The van der Waals surface area contributed by atoms with Crippen molar-refractivity contribution in [3.63, 3.8) is 0 Å². The zero-order valence-corrected chi connectivity index (χ0v) is 16.5. The number of rotatable bonds is 6. The zero-order valence-electron chi connectivity index (χ0n) is 16.5. The lowest BCUT2D eigenvalue weighted by atomic mass is 10.0. The Hall–Kier alpha value is -3.78. The Bertz CT molecular complexity index is 1160. The highest BCUT2D eigenvalue weighted by molar-refractivity contribution is 5.91. The van der Waals surface area contributed by atoms with Gasteiger partial charge in [-0.05, 0) is 37.1 Å². The standard InChI is InChI=1S/C22H22N6O2/c1-15-11-18(7-9-23-15)28-20-14-24-21(12-17(20)13-25-28)27-22(30)26-19(8-10-29)16-5-3-2-4-6-16/h2-7,9,11-14,19,29H,8,10H2,1H3,(H2,24,26,27,30). The first-order chi connectivity index (χ1) is 14.6. The molecule has 8 nitrogen and oxygen atoms in total. The van der Waals surface area contributed by atoms with E-state index in [1.807, 2.05) is 49.4 Å². The van der Waals surface area contributed by atoms with Gasteiger partial charge in [0.05, 0.1) is 29.6 Å². The molecule has 3 N–H and O–H groups in total. The fourth-order valence-corrected chi connectivity index (χ4v) is 3.31. The molecule has 0 aliphatic heterocycles. The van der Waals surface area contributed by atoms with Crippen LogP contribution in [0, 0.1) is 6.92 Å². The van der Waals surface area contributed by atoms with Gasteiger partial charge < -0.3 is 10.4 Å². The van der Waals surface area contributed by atoms with Crippen LogP contribution in [0.3, 0.4) is 0 Å². The maximum Gasteiger partial charge on any atom is 0.320 e. The minimum Gasteiger partial charge on any atom is -0.396 e. The van der Waals surface area contributed by atoms with Crippen LogP contribution in [-0.2, 0) is 0 Å². The van der Waals surface area contributed by atoms with Crippen molar-refractivity contribution in [3.8, 4) is 5.69 Å². The van der Waals surface area contributed by atoms with Gasteiger partial charge in [0.2, 0.25) is 0 Å². The molecular formula is C22H22N6O2. The second kappa shape index (κ2) is 8.71. The lowest BCUT2D eigenvalue weighted by Crippen LogP contribution is -2.33. The zero-order chi connectivity index (χ0) is 20.9. The Kier molecular flexibility index (Phi) is 5.67. The van der Waals surface area contributed by atoms with Crippen LogP contribution in [0.5, 0.6) is 0 Å². The van der Waals surface area contributed by atoms with Crippen LogP contribution in [0.1, 0.15) is 23.7 Å². The van der Waals surface area contributed by atoms with E-state index in [0.717, 1.165) is 27.8 Å². The third kappa shape index (κ3) is 4.28. The summed E-state index contributed by atoms with van der Waals surface area (Å²) in [6, 6.07) is 14.5. The van der Waals surface area contributed by atoms with Crippen molar-refractivity contribution in [1.82, 2.24) is 25.1 Å². The number of pyridine rings is 2. The van der Waals surface area contributed by atoms with Gasteiger partial charge in [-0.2, -0.15) is 5.10 Å². The number of hydrogen-bond acceptors (Lipinski definition) is 5. The van der Waals surface area contributed by atoms with Crippen LogP contribution in [0.15, 0.2) is 67.1 Å². The quantitative estimate of drug-likeness (QED) is 0.459. The van der Waals surface area contributed by atoms with Crippen molar-refractivity contribution in [3.05, 3.63) is 78.4 Å². The number of aliphatic hydroxyl groups is 1. The molecule has 0 spiro atoms. The molecule has 1 aromatic carbocycles. The van der Waals surface area contributed by atoms with Gasteiger partial charge in [-0.25, -0.2) is 14.5 Å². The Morgan fingerprint density at radius 1 is 1.13 bits per heavy atom. The highest BCUT2D eigenvalue weighted by Crippen LogP contribution is 2.21. The number of aliphatic hydroxyl groups excluding tert-OH is 1. The number of amides is 2. The minimum absolute atomic E-state index is 0.0300. The molecule has 1 atom stereocenters. The van der Waals surface area contributed by atoms with Crippen LogP contribution in [-0.4, -0.2) is 37.5 Å². The van der Waals surface area contributed by atoms with Crippen molar-refractivity contribution in [1.29, 1.82) is 0 Å². The lowest BCUT2D eigenvalue weighted by Gasteiger charge is -2.18. The summed E-state index contributed by atoms with van der Waals surface area (Å²) in [5, 5.41) is 20.3. The van der Waals surface area contributed by atoms with Gasteiger partial charge in [-0.15, -0.1) is 0 Å². The van der Waals surface area contributed by atoms with Gasteiger partial charge in [0.25, 0.3) is 0 Å². The Balaban J connectivity index is 1.50. The molecular weight excluding hydrogens is 380 g/mol. The van der Waals surface area contributed by atoms with Gasteiger partial charge in [0.15, 0.2) is 0 Å². The maximum atomic E-state index is 12.5. The van der Waals surface area contributed by atoms with Gasteiger partial charge in [-0.1, -0.05) is 30.3 Å². The number of aromatic nitrogens is 4. The summed E-state index contributed by atoms with van der Waals surface area (Å²) in [5.74, 6) is 0.418. The molecule has 0 saturated heterocycles. The van der Waals surface area contributed by atoms with Crippen LogP contribution in [0.4, 0.5) is 10.6 Å². The Labute approximate surface area is 173 Å². The molecule has 4 rings (SSSR count).